The lowest BCUT2D eigenvalue weighted by Crippen LogP contribution is -2.17. The van der Waals surface area contributed by atoms with Crippen LogP contribution >= 0.6 is 0 Å². The van der Waals surface area contributed by atoms with Crippen molar-refractivity contribution < 1.29 is 38.1 Å². The van der Waals surface area contributed by atoms with Gasteiger partial charge in [-0.1, -0.05) is 30.3 Å². The third-order valence-electron chi connectivity index (χ3n) is 6.39. The van der Waals surface area contributed by atoms with E-state index in [0.717, 1.165) is 5.56 Å². The fourth-order valence-electron chi connectivity index (χ4n) is 4.17. The number of hydrazone groups is 1. The summed E-state index contributed by atoms with van der Waals surface area (Å²) in [5, 5.41) is 6.78. The molecule has 11 nitrogen and oxygen atoms in total. The summed E-state index contributed by atoms with van der Waals surface area (Å²) in [6.07, 6.45) is 4.58. The van der Waals surface area contributed by atoms with E-state index in [1.165, 1.54) is 45.8 Å². The van der Waals surface area contributed by atoms with Gasteiger partial charge < -0.3 is 29.0 Å². The number of carbonyl (C=O) groups is 3. The van der Waals surface area contributed by atoms with Gasteiger partial charge in [0.2, 0.25) is 11.7 Å². The van der Waals surface area contributed by atoms with E-state index in [-0.39, 0.29) is 17.2 Å². The van der Waals surface area contributed by atoms with E-state index in [1.54, 1.807) is 55.5 Å². The number of nitrogens with one attached hydrogen (secondary N) is 2. The smallest absolute Gasteiger partial charge is 0.343 e. The van der Waals surface area contributed by atoms with Crippen molar-refractivity contribution in [3.63, 3.8) is 0 Å². The molecule has 0 heterocycles. The minimum atomic E-state index is -0.664. The summed E-state index contributed by atoms with van der Waals surface area (Å²) in [4.78, 5) is 37.8. The molecule has 0 aliphatic rings. The Morgan fingerprint density at radius 1 is 0.739 bits per heavy atom. The Morgan fingerprint density at radius 2 is 1.43 bits per heavy atom. The van der Waals surface area contributed by atoms with Crippen LogP contribution in [0.1, 0.15) is 38.8 Å². The van der Waals surface area contributed by atoms with E-state index in [4.69, 9.17) is 23.7 Å². The molecule has 0 atom stereocenters. The highest BCUT2D eigenvalue weighted by molar-refractivity contribution is 6.02. The fraction of sp³-hybridized carbons (Fsp3) is 0.143. The van der Waals surface area contributed by atoms with Gasteiger partial charge >= 0.3 is 5.97 Å². The maximum absolute atomic E-state index is 13.0. The summed E-state index contributed by atoms with van der Waals surface area (Å²) >= 11 is 0. The number of nitrogens with zero attached hydrogens (tertiary/aromatic N) is 1. The molecule has 11 heteroatoms. The summed E-state index contributed by atoms with van der Waals surface area (Å²) in [5.74, 6) is 0.0466. The number of amides is 2. The molecule has 4 rings (SSSR count). The number of methoxy groups -OCH3 is 3. The minimum absolute atomic E-state index is 0.181. The van der Waals surface area contributed by atoms with Gasteiger partial charge in [0.15, 0.2) is 23.0 Å². The van der Waals surface area contributed by atoms with Crippen molar-refractivity contribution in [2.24, 2.45) is 5.10 Å². The van der Waals surface area contributed by atoms with Crippen LogP contribution in [0.3, 0.4) is 0 Å². The van der Waals surface area contributed by atoms with Crippen molar-refractivity contribution in [2.45, 2.75) is 6.92 Å². The first-order valence-corrected chi connectivity index (χ1v) is 14.1. The fourth-order valence-corrected chi connectivity index (χ4v) is 4.17. The number of hydrogen-bond acceptors (Lipinski definition) is 9. The van der Waals surface area contributed by atoms with E-state index < -0.39 is 11.9 Å². The van der Waals surface area contributed by atoms with Crippen LogP contribution in [0.5, 0.6) is 28.7 Å². The topological polar surface area (TPSA) is 134 Å². The number of benzene rings is 4. The van der Waals surface area contributed by atoms with Crippen molar-refractivity contribution >= 4 is 35.8 Å². The summed E-state index contributed by atoms with van der Waals surface area (Å²) in [6.45, 7) is 2.11. The van der Waals surface area contributed by atoms with Crippen LogP contribution in [0.2, 0.25) is 0 Å². The van der Waals surface area contributed by atoms with Crippen molar-refractivity contribution in [1.82, 2.24) is 5.43 Å². The van der Waals surface area contributed by atoms with Gasteiger partial charge in [0.25, 0.3) is 5.91 Å². The zero-order valence-electron chi connectivity index (χ0n) is 25.7. The molecule has 4 aromatic carbocycles. The highest BCUT2D eigenvalue weighted by Gasteiger charge is 2.20. The van der Waals surface area contributed by atoms with E-state index in [9.17, 15) is 14.4 Å². The lowest BCUT2D eigenvalue weighted by Gasteiger charge is -2.15. The van der Waals surface area contributed by atoms with Gasteiger partial charge in [-0.15, -0.1) is 0 Å². The first-order valence-electron chi connectivity index (χ1n) is 14.1. The van der Waals surface area contributed by atoms with E-state index in [1.807, 2.05) is 30.3 Å². The van der Waals surface area contributed by atoms with E-state index in [0.29, 0.717) is 46.4 Å². The Morgan fingerprint density at radius 3 is 2.07 bits per heavy atom. The maximum Gasteiger partial charge on any atom is 0.343 e. The summed E-state index contributed by atoms with van der Waals surface area (Å²) in [7, 11) is 4.37. The predicted molar refractivity (Wildman–Crippen MR) is 174 cm³/mol. The van der Waals surface area contributed by atoms with Crippen molar-refractivity contribution in [3.05, 3.63) is 113 Å². The van der Waals surface area contributed by atoms with Gasteiger partial charge in [-0.05, 0) is 78.7 Å². The molecule has 0 radical (unpaired) electrons. The zero-order chi connectivity index (χ0) is 32.9. The average Bonchev–Trinajstić information content (AvgIpc) is 3.08. The van der Waals surface area contributed by atoms with Crippen LogP contribution in [0.4, 0.5) is 5.69 Å². The molecule has 2 N–H and O–H groups in total. The summed E-state index contributed by atoms with van der Waals surface area (Å²) in [6, 6.07) is 23.7. The van der Waals surface area contributed by atoms with Gasteiger partial charge in [-0.25, -0.2) is 10.2 Å². The molecule has 0 aliphatic carbocycles. The Balaban J connectivity index is 1.37. The molecule has 46 heavy (non-hydrogen) atoms. The normalized spacial score (nSPS) is 10.8. The lowest BCUT2D eigenvalue weighted by atomic mass is 10.1. The molecule has 0 bridgehead atoms. The van der Waals surface area contributed by atoms with Crippen LogP contribution in [-0.2, 0) is 4.79 Å². The first kappa shape index (κ1) is 32.8. The first-order chi connectivity index (χ1) is 22.3. The van der Waals surface area contributed by atoms with E-state index >= 15 is 0 Å². The van der Waals surface area contributed by atoms with Gasteiger partial charge in [0, 0.05) is 17.3 Å². The SMILES string of the molecule is CCOc1cc(/C=N\NC(=O)c2ccc(NC(=O)/C=C/c3ccccc3)cc2)ccc1OC(=O)c1cc(OC)c(OC)c(OC)c1. The standard InChI is InChI=1S/C35H33N3O8/c1-5-45-29-19-24(11-17-28(29)46-35(41)26-20-30(42-2)33(44-4)31(21-26)43-3)22-36-38-34(40)25-13-15-27(16-14-25)37-32(39)18-12-23-9-7-6-8-10-23/h6-22H,5H2,1-4H3,(H,37,39)(H,38,40)/b18-12+,36-22-. The highest BCUT2D eigenvalue weighted by Crippen LogP contribution is 2.39. The Labute approximate surface area is 266 Å². The summed E-state index contributed by atoms with van der Waals surface area (Å²) < 4.78 is 27.3. The number of rotatable bonds is 13. The Hall–Kier alpha value is -6.10. The Bertz CT molecular complexity index is 1710. The van der Waals surface area contributed by atoms with Crippen LogP contribution < -0.4 is 34.4 Å². The molecule has 0 fully saturated rings. The third-order valence-corrected chi connectivity index (χ3v) is 6.39. The van der Waals surface area contributed by atoms with Gasteiger partial charge in [0.1, 0.15) is 0 Å². The van der Waals surface area contributed by atoms with Crippen molar-refractivity contribution in [1.29, 1.82) is 0 Å². The molecular formula is C35H33N3O8. The third kappa shape index (κ3) is 8.73. The monoisotopic (exact) mass is 623 g/mol. The second-order valence-corrected chi connectivity index (χ2v) is 9.45. The quantitative estimate of drug-likeness (QED) is 0.0633. The zero-order valence-corrected chi connectivity index (χ0v) is 25.7. The van der Waals surface area contributed by atoms with Crippen LogP contribution in [0.25, 0.3) is 6.08 Å². The lowest BCUT2D eigenvalue weighted by molar-refractivity contribution is -0.111. The molecule has 0 saturated carbocycles. The van der Waals surface area contributed by atoms with E-state index in [2.05, 4.69) is 15.8 Å². The van der Waals surface area contributed by atoms with Crippen molar-refractivity contribution in [2.75, 3.05) is 33.3 Å². The number of anilines is 1. The molecule has 0 saturated heterocycles. The number of carbonyl (C=O) groups excluding carboxylic acids is 3. The van der Waals surface area contributed by atoms with Crippen LogP contribution in [0.15, 0.2) is 96.1 Å². The number of hydrogen-bond donors (Lipinski definition) is 2. The molecule has 0 spiro atoms. The van der Waals surface area contributed by atoms with Crippen molar-refractivity contribution in [3.8, 4) is 28.7 Å². The molecule has 0 unspecified atom stereocenters. The molecule has 4 aromatic rings. The van der Waals surface area contributed by atoms with Gasteiger partial charge in [0.05, 0.1) is 39.7 Å². The van der Waals surface area contributed by atoms with Crippen LogP contribution in [0, 0.1) is 0 Å². The molecule has 0 aromatic heterocycles. The Kier molecular flexibility index (Phi) is 11.5. The summed E-state index contributed by atoms with van der Waals surface area (Å²) in [5.41, 5.74) is 5.03. The molecule has 2 amide bonds. The number of ether oxygens (including phenoxy) is 5. The van der Waals surface area contributed by atoms with Gasteiger partial charge in [-0.2, -0.15) is 5.10 Å². The van der Waals surface area contributed by atoms with Crippen LogP contribution in [-0.4, -0.2) is 51.9 Å². The minimum Gasteiger partial charge on any atom is -0.493 e. The second kappa shape index (κ2) is 16.1. The molecule has 236 valence electrons. The molecule has 0 aliphatic heterocycles. The second-order valence-electron chi connectivity index (χ2n) is 9.45. The predicted octanol–water partition coefficient (Wildman–Crippen LogP) is 5.75. The highest BCUT2D eigenvalue weighted by atomic mass is 16.6. The number of esters is 1. The molecular weight excluding hydrogens is 590 g/mol. The van der Waals surface area contributed by atoms with Gasteiger partial charge in [-0.3, -0.25) is 9.59 Å². The maximum atomic E-state index is 13.0. The average molecular weight is 624 g/mol. The largest absolute Gasteiger partial charge is 0.493 e.